The quantitative estimate of drug-likeness (QED) is 0.515. The van der Waals surface area contributed by atoms with E-state index in [0.29, 0.717) is 28.5 Å². The monoisotopic (exact) mass is 380 g/mol. The van der Waals surface area contributed by atoms with Crippen LogP contribution < -0.4 is 10.1 Å². The topological polar surface area (TPSA) is 111 Å². The summed E-state index contributed by atoms with van der Waals surface area (Å²) in [5.74, 6) is 0.741. The zero-order chi connectivity index (χ0) is 19.7. The summed E-state index contributed by atoms with van der Waals surface area (Å²) < 4.78 is 10.7. The van der Waals surface area contributed by atoms with Crippen LogP contribution in [0.25, 0.3) is 0 Å². The maximum atomic E-state index is 12.9. The van der Waals surface area contributed by atoms with E-state index in [1.165, 1.54) is 19.2 Å². The molecule has 1 aliphatic heterocycles. The first-order valence-corrected chi connectivity index (χ1v) is 8.45. The lowest BCUT2D eigenvalue weighted by atomic mass is 10.2. The van der Waals surface area contributed by atoms with Crippen molar-refractivity contribution in [1.82, 2.24) is 9.88 Å². The van der Waals surface area contributed by atoms with Crippen LogP contribution in [0.15, 0.2) is 59.3 Å². The predicted octanol–water partition coefficient (Wildman–Crippen LogP) is 3.36. The number of carbonyl (C=O) groups is 1. The van der Waals surface area contributed by atoms with Crippen LogP contribution in [-0.4, -0.2) is 27.8 Å². The Hall–Kier alpha value is -3.88. The van der Waals surface area contributed by atoms with E-state index in [1.807, 2.05) is 0 Å². The third kappa shape index (κ3) is 3.02. The van der Waals surface area contributed by atoms with E-state index in [0.717, 1.165) is 0 Å². The summed E-state index contributed by atoms with van der Waals surface area (Å²) in [5, 5.41) is 14.2. The van der Waals surface area contributed by atoms with Crippen LogP contribution in [0, 0.1) is 10.1 Å². The van der Waals surface area contributed by atoms with Crippen LogP contribution in [-0.2, 0) is 6.54 Å². The molecule has 1 aromatic carbocycles. The number of methoxy groups -OCH3 is 1. The Morgan fingerprint density at radius 1 is 1.32 bits per heavy atom. The van der Waals surface area contributed by atoms with E-state index >= 15 is 0 Å². The second-order valence-electron chi connectivity index (χ2n) is 6.14. The number of nitro benzene ring substituents is 1. The number of hydrogen-bond donors (Lipinski definition) is 1. The summed E-state index contributed by atoms with van der Waals surface area (Å²) in [7, 11) is 1.43. The van der Waals surface area contributed by atoms with Crippen LogP contribution in [0.2, 0.25) is 0 Å². The fourth-order valence-corrected chi connectivity index (χ4v) is 3.18. The fraction of sp³-hybridized carbons (Fsp3) is 0.158. The number of hydrogen-bond acceptors (Lipinski definition) is 7. The van der Waals surface area contributed by atoms with Crippen LogP contribution in [0.3, 0.4) is 0 Å². The number of ether oxygens (including phenoxy) is 1. The maximum absolute atomic E-state index is 12.9. The number of anilines is 1. The Morgan fingerprint density at radius 3 is 2.89 bits per heavy atom. The average molecular weight is 380 g/mol. The van der Waals surface area contributed by atoms with Gasteiger partial charge in [0.2, 0.25) is 0 Å². The van der Waals surface area contributed by atoms with Gasteiger partial charge in [-0.15, -0.1) is 0 Å². The van der Waals surface area contributed by atoms with Crippen molar-refractivity contribution in [3.63, 3.8) is 0 Å². The summed E-state index contributed by atoms with van der Waals surface area (Å²) in [6.45, 7) is 0.245. The Balaban J connectivity index is 1.71. The molecule has 3 heterocycles. The first-order valence-electron chi connectivity index (χ1n) is 8.45. The van der Waals surface area contributed by atoms with Crippen molar-refractivity contribution in [2.24, 2.45) is 0 Å². The van der Waals surface area contributed by atoms with E-state index in [9.17, 15) is 14.9 Å². The summed E-state index contributed by atoms with van der Waals surface area (Å²) in [6, 6.07) is 11.2. The summed E-state index contributed by atoms with van der Waals surface area (Å²) in [5.41, 5.74) is 1.48. The molecule has 2 aromatic heterocycles. The molecule has 0 radical (unpaired) electrons. The molecule has 9 heteroatoms. The zero-order valence-corrected chi connectivity index (χ0v) is 14.9. The number of aromatic nitrogens is 1. The van der Waals surface area contributed by atoms with Gasteiger partial charge in [0.1, 0.15) is 17.7 Å². The Morgan fingerprint density at radius 2 is 2.18 bits per heavy atom. The largest absolute Gasteiger partial charge is 0.494 e. The van der Waals surface area contributed by atoms with Gasteiger partial charge < -0.3 is 19.4 Å². The zero-order valence-electron chi connectivity index (χ0n) is 14.9. The molecular formula is C19H16N4O5. The fourth-order valence-electron chi connectivity index (χ4n) is 3.18. The number of amides is 1. The predicted molar refractivity (Wildman–Crippen MR) is 98.8 cm³/mol. The highest BCUT2D eigenvalue weighted by molar-refractivity contribution is 5.99. The van der Waals surface area contributed by atoms with Gasteiger partial charge in [-0.3, -0.25) is 19.9 Å². The number of benzene rings is 1. The number of furan rings is 1. The van der Waals surface area contributed by atoms with E-state index in [4.69, 9.17) is 9.15 Å². The number of rotatable bonds is 6. The molecule has 0 fully saturated rings. The van der Waals surface area contributed by atoms with Gasteiger partial charge in [0.15, 0.2) is 0 Å². The molecule has 0 spiro atoms. The molecule has 142 valence electrons. The van der Waals surface area contributed by atoms with Gasteiger partial charge in [-0.05, 0) is 30.3 Å². The molecule has 1 N–H and O–H groups in total. The number of carbonyl (C=O) groups excluding carboxylic acids is 1. The maximum Gasteiger partial charge on any atom is 0.273 e. The summed E-state index contributed by atoms with van der Waals surface area (Å²) >= 11 is 0. The highest BCUT2D eigenvalue weighted by atomic mass is 16.6. The smallest absolute Gasteiger partial charge is 0.273 e. The first-order chi connectivity index (χ1) is 13.6. The highest BCUT2D eigenvalue weighted by Gasteiger charge is 2.38. The van der Waals surface area contributed by atoms with Crippen molar-refractivity contribution in [2.45, 2.75) is 12.7 Å². The van der Waals surface area contributed by atoms with Gasteiger partial charge in [-0.1, -0.05) is 0 Å². The van der Waals surface area contributed by atoms with Crippen molar-refractivity contribution in [2.75, 3.05) is 12.4 Å². The van der Waals surface area contributed by atoms with Gasteiger partial charge in [0.05, 0.1) is 47.9 Å². The van der Waals surface area contributed by atoms with Crippen LogP contribution in [0.4, 0.5) is 11.4 Å². The van der Waals surface area contributed by atoms with E-state index in [-0.39, 0.29) is 18.1 Å². The number of nitrogens with one attached hydrogen (secondary N) is 1. The third-order valence-corrected chi connectivity index (χ3v) is 4.49. The minimum absolute atomic E-state index is 0.0872. The number of nitro groups is 1. The number of pyridine rings is 1. The molecule has 1 amide bonds. The summed E-state index contributed by atoms with van der Waals surface area (Å²) in [6.07, 6.45) is 2.58. The van der Waals surface area contributed by atoms with E-state index in [1.54, 1.807) is 47.7 Å². The van der Waals surface area contributed by atoms with Crippen molar-refractivity contribution in [3.05, 3.63) is 82.1 Å². The Labute approximate surface area is 159 Å². The van der Waals surface area contributed by atoms with Crippen LogP contribution in [0.1, 0.15) is 28.0 Å². The van der Waals surface area contributed by atoms with Gasteiger partial charge >= 0.3 is 0 Å². The lowest BCUT2D eigenvalue weighted by Crippen LogP contribution is -2.32. The Bertz CT molecular complexity index is 1030. The van der Waals surface area contributed by atoms with Gasteiger partial charge in [0.25, 0.3) is 11.6 Å². The van der Waals surface area contributed by atoms with Crippen molar-refractivity contribution < 1.29 is 18.9 Å². The van der Waals surface area contributed by atoms with Crippen LogP contribution in [0.5, 0.6) is 5.75 Å². The second kappa shape index (κ2) is 7.03. The molecule has 4 rings (SSSR count). The molecule has 0 bridgehead atoms. The van der Waals surface area contributed by atoms with Gasteiger partial charge in [-0.2, -0.15) is 0 Å². The molecule has 0 saturated carbocycles. The lowest BCUT2D eigenvalue weighted by Gasteiger charge is -2.26. The number of nitrogens with zero attached hydrogens (tertiary/aromatic N) is 3. The molecule has 1 aliphatic rings. The minimum atomic E-state index is -0.579. The third-order valence-electron chi connectivity index (χ3n) is 4.49. The van der Waals surface area contributed by atoms with E-state index in [2.05, 4.69) is 10.3 Å². The average Bonchev–Trinajstić information content (AvgIpc) is 3.31. The van der Waals surface area contributed by atoms with Crippen molar-refractivity contribution in [3.8, 4) is 5.75 Å². The first kappa shape index (κ1) is 17.5. The second-order valence-corrected chi connectivity index (χ2v) is 6.14. The molecule has 0 aliphatic carbocycles. The normalized spacial score (nSPS) is 15.4. The standard InChI is InChI=1S/C19H16N4O5/c1-27-16-10-12(23(25)26)6-7-15(16)21-18-17-14(5-2-8-20-17)19(24)22(18)11-13-4-3-9-28-13/h2-10,18,21H,11H2,1H3/t18-/m0/s1. The van der Waals surface area contributed by atoms with Crippen molar-refractivity contribution >= 4 is 17.3 Å². The van der Waals surface area contributed by atoms with Crippen LogP contribution >= 0.6 is 0 Å². The SMILES string of the molecule is COc1cc([N+](=O)[O-])ccc1N[C@@H]1c2ncccc2C(=O)N1Cc1ccco1. The van der Waals surface area contributed by atoms with Crippen molar-refractivity contribution in [1.29, 1.82) is 0 Å². The molecule has 1 atom stereocenters. The summed E-state index contributed by atoms with van der Waals surface area (Å²) in [4.78, 5) is 29.4. The molecule has 9 nitrogen and oxygen atoms in total. The minimum Gasteiger partial charge on any atom is -0.494 e. The molecule has 28 heavy (non-hydrogen) atoms. The number of fused-ring (bicyclic) bond motifs is 1. The molecule has 3 aromatic rings. The molecule has 0 saturated heterocycles. The Kier molecular flexibility index (Phi) is 4.40. The molecule has 0 unspecified atom stereocenters. The number of non-ortho nitro benzene ring substituents is 1. The molecular weight excluding hydrogens is 364 g/mol. The van der Waals surface area contributed by atoms with E-state index < -0.39 is 11.1 Å². The van der Waals surface area contributed by atoms with Gasteiger partial charge in [-0.25, -0.2) is 0 Å². The lowest BCUT2D eigenvalue weighted by molar-refractivity contribution is -0.384. The highest BCUT2D eigenvalue weighted by Crippen LogP contribution is 2.37. The van der Waals surface area contributed by atoms with Gasteiger partial charge in [0, 0.05) is 12.3 Å².